The summed E-state index contributed by atoms with van der Waals surface area (Å²) in [5.41, 5.74) is 1.08. The van der Waals surface area contributed by atoms with E-state index >= 15 is 0 Å². The van der Waals surface area contributed by atoms with Crippen molar-refractivity contribution in [2.75, 3.05) is 0 Å². The maximum atomic E-state index is 10.7. The maximum absolute atomic E-state index is 10.7. The summed E-state index contributed by atoms with van der Waals surface area (Å²) in [5, 5.41) is 0. The van der Waals surface area contributed by atoms with E-state index in [9.17, 15) is 4.57 Å². The summed E-state index contributed by atoms with van der Waals surface area (Å²) in [6.45, 7) is 0. The van der Waals surface area contributed by atoms with Crippen molar-refractivity contribution < 1.29 is 23.7 Å². The highest BCUT2D eigenvalue weighted by Gasteiger charge is 2.24. The van der Waals surface area contributed by atoms with Gasteiger partial charge in [0.2, 0.25) is 6.20 Å². The van der Waals surface area contributed by atoms with Gasteiger partial charge in [-0.2, -0.15) is 4.62 Å². The fourth-order valence-corrected chi connectivity index (χ4v) is 1.57. The van der Waals surface area contributed by atoms with Crippen LogP contribution in [-0.4, -0.2) is 14.8 Å². The molecule has 0 bridgehead atoms. The number of fused-ring (bicyclic) bond motifs is 1. The molecule has 2 rings (SSSR count). The average Bonchev–Trinajstić information content (AvgIpc) is 2.16. The van der Waals surface area contributed by atoms with Crippen LogP contribution in [0.2, 0.25) is 0 Å². The van der Waals surface area contributed by atoms with Crippen molar-refractivity contribution in [1.82, 2.24) is 4.98 Å². The lowest BCUT2D eigenvalue weighted by atomic mass is 10.3. The topological polar surface area (TPSA) is 83.5 Å². The van der Waals surface area contributed by atoms with Crippen LogP contribution in [0, 0.1) is 0 Å². The Morgan fingerprint density at radius 2 is 2.13 bits per heavy atom. The molecule has 2 N–H and O–H groups in total. The normalized spacial score (nSPS) is 11.6. The lowest BCUT2D eigenvalue weighted by molar-refractivity contribution is -0.839. The van der Waals surface area contributed by atoms with E-state index in [1.807, 2.05) is 0 Å². The van der Waals surface area contributed by atoms with Crippen molar-refractivity contribution in [2.24, 2.45) is 0 Å². The van der Waals surface area contributed by atoms with Gasteiger partial charge >= 0.3 is 7.82 Å². The highest BCUT2D eigenvalue weighted by Crippen LogP contribution is 2.29. The Kier molecular flexibility index (Phi) is 2.40. The Balaban J connectivity index is 2.56. The van der Waals surface area contributed by atoms with Gasteiger partial charge in [0.15, 0.2) is 0 Å². The first-order valence-electron chi connectivity index (χ1n) is 4.07. The van der Waals surface area contributed by atoms with E-state index in [2.05, 4.69) is 9.61 Å². The third-order valence-corrected chi connectivity index (χ3v) is 2.11. The molecule has 0 atom stereocenters. The van der Waals surface area contributed by atoms with Crippen LogP contribution in [0.1, 0.15) is 0 Å². The Bertz CT molecular complexity index is 534. The SMILES string of the molecule is O=P(O)(O)O[n+]1cccc2ncccc21. The summed E-state index contributed by atoms with van der Waals surface area (Å²) in [6, 6.07) is 6.61. The van der Waals surface area contributed by atoms with Crippen LogP contribution in [0.15, 0.2) is 36.7 Å². The van der Waals surface area contributed by atoms with Gasteiger partial charge < -0.3 is 0 Å². The smallest absolute Gasteiger partial charge is 0.290 e. The summed E-state index contributed by atoms with van der Waals surface area (Å²) in [5.74, 6) is 0. The Hall–Kier alpha value is -1.49. The fourth-order valence-electron chi connectivity index (χ4n) is 1.20. The summed E-state index contributed by atoms with van der Waals surface area (Å²) in [6.07, 6.45) is 2.99. The molecule has 15 heavy (non-hydrogen) atoms. The predicted octanol–water partition coefficient (Wildman–Crippen LogP) is 0.0436. The van der Waals surface area contributed by atoms with Gasteiger partial charge in [-0.15, -0.1) is 0 Å². The first kappa shape index (κ1) is 10.0. The van der Waals surface area contributed by atoms with Crippen LogP contribution in [-0.2, 0) is 4.57 Å². The molecule has 0 amide bonds. The molecule has 6 nitrogen and oxygen atoms in total. The molecule has 0 aromatic carbocycles. The lowest BCUT2D eigenvalue weighted by Gasteiger charge is -2.00. The van der Waals surface area contributed by atoms with Gasteiger partial charge in [0, 0.05) is 23.1 Å². The molecule has 0 saturated heterocycles. The standard InChI is InChI=1S/C8H7N2O4P/c11-15(12,13)14-10-6-2-3-7-8(10)4-1-5-9-7/h1-6H,(H-,11,12,13)/p+1. The van der Waals surface area contributed by atoms with E-state index in [-0.39, 0.29) is 0 Å². The number of nitrogens with zero attached hydrogens (tertiary/aromatic N) is 2. The summed E-state index contributed by atoms with van der Waals surface area (Å²) < 4.78 is 16.1. The number of phosphoric acid groups is 1. The highest BCUT2D eigenvalue weighted by molar-refractivity contribution is 7.46. The second kappa shape index (κ2) is 3.58. The first-order chi connectivity index (χ1) is 7.06. The number of hydrogen-bond acceptors (Lipinski definition) is 3. The van der Waals surface area contributed by atoms with Crippen LogP contribution >= 0.6 is 7.82 Å². The largest absolute Gasteiger partial charge is 0.581 e. The van der Waals surface area contributed by atoms with Gasteiger partial charge in [0.25, 0.3) is 5.52 Å². The predicted molar refractivity (Wildman–Crippen MR) is 50.6 cm³/mol. The van der Waals surface area contributed by atoms with E-state index in [4.69, 9.17) is 9.79 Å². The first-order valence-corrected chi connectivity index (χ1v) is 5.60. The number of hydrogen-bond donors (Lipinski definition) is 2. The van der Waals surface area contributed by atoms with Gasteiger partial charge in [-0.25, -0.2) is 9.55 Å². The molecule has 0 spiro atoms. The second-order valence-electron chi connectivity index (χ2n) is 2.81. The number of rotatable bonds is 2. The van der Waals surface area contributed by atoms with Gasteiger partial charge in [-0.05, 0) is 12.1 Å². The van der Waals surface area contributed by atoms with E-state index in [0.717, 1.165) is 4.73 Å². The average molecular weight is 227 g/mol. The van der Waals surface area contributed by atoms with Crippen molar-refractivity contribution >= 4 is 18.9 Å². The lowest BCUT2D eigenvalue weighted by Crippen LogP contribution is -2.41. The van der Waals surface area contributed by atoms with E-state index in [1.54, 1.807) is 30.5 Å². The minimum Gasteiger partial charge on any atom is -0.290 e. The van der Waals surface area contributed by atoms with Gasteiger partial charge in [0.05, 0.1) is 0 Å². The van der Waals surface area contributed by atoms with Crippen LogP contribution in [0.25, 0.3) is 11.0 Å². The quantitative estimate of drug-likeness (QED) is 0.559. The molecule has 2 aromatic heterocycles. The Labute approximate surface area is 85.0 Å². The van der Waals surface area contributed by atoms with E-state index in [1.165, 1.54) is 6.20 Å². The molecule has 78 valence electrons. The molecular formula is C8H8N2O4P+. The Morgan fingerprint density at radius 1 is 1.33 bits per heavy atom. The number of aromatic nitrogens is 2. The zero-order valence-corrected chi connectivity index (χ0v) is 8.41. The van der Waals surface area contributed by atoms with Crippen molar-refractivity contribution in [3.63, 3.8) is 0 Å². The second-order valence-corrected chi connectivity index (χ2v) is 3.96. The van der Waals surface area contributed by atoms with Crippen molar-refractivity contribution in [3.05, 3.63) is 36.7 Å². The molecule has 2 aromatic rings. The minimum absolute atomic E-state index is 0.489. The van der Waals surface area contributed by atoms with E-state index in [0.29, 0.717) is 11.0 Å². The molecular weight excluding hydrogens is 219 g/mol. The third kappa shape index (κ3) is 2.30. The molecule has 0 aliphatic rings. The Morgan fingerprint density at radius 3 is 2.87 bits per heavy atom. The van der Waals surface area contributed by atoms with Crippen LogP contribution < -0.4 is 9.35 Å². The summed E-state index contributed by atoms with van der Waals surface area (Å²) >= 11 is 0. The molecule has 7 heteroatoms. The van der Waals surface area contributed by atoms with Crippen LogP contribution in [0.4, 0.5) is 0 Å². The van der Waals surface area contributed by atoms with Crippen LogP contribution in [0.5, 0.6) is 0 Å². The third-order valence-electron chi connectivity index (χ3n) is 1.72. The number of pyridine rings is 2. The zero-order valence-electron chi connectivity index (χ0n) is 7.52. The zero-order chi connectivity index (χ0) is 10.9. The van der Waals surface area contributed by atoms with Crippen molar-refractivity contribution in [1.29, 1.82) is 0 Å². The molecule has 0 aliphatic carbocycles. The van der Waals surface area contributed by atoms with Crippen molar-refractivity contribution in [2.45, 2.75) is 0 Å². The van der Waals surface area contributed by atoms with E-state index < -0.39 is 7.82 Å². The maximum Gasteiger partial charge on any atom is 0.581 e. The molecule has 0 fully saturated rings. The molecule has 0 radical (unpaired) electrons. The van der Waals surface area contributed by atoms with Crippen molar-refractivity contribution in [3.8, 4) is 0 Å². The molecule has 0 unspecified atom stereocenters. The highest BCUT2D eigenvalue weighted by atomic mass is 31.2. The van der Waals surface area contributed by atoms with Gasteiger partial charge in [-0.3, -0.25) is 9.79 Å². The van der Waals surface area contributed by atoms with Crippen LogP contribution in [0.3, 0.4) is 0 Å². The fraction of sp³-hybridized carbons (Fsp3) is 0. The summed E-state index contributed by atoms with van der Waals surface area (Å²) in [4.78, 5) is 21.4. The summed E-state index contributed by atoms with van der Waals surface area (Å²) in [7, 11) is -4.56. The minimum atomic E-state index is -4.56. The molecule has 0 saturated carbocycles. The molecule has 0 aliphatic heterocycles. The molecule has 2 heterocycles. The van der Waals surface area contributed by atoms with Gasteiger partial charge in [0.1, 0.15) is 5.52 Å². The van der Waals surface area contributed by atoms with Gasteiger partial charge in [-0.1, -0.05) is 0 Å². The monoisotopic (exact) mass is 227 g/mol.